The summed E-state index contributed by atoms with van der Waals surface area (Å²) in [7, 11) is 0. The highest BCUT2D eigenvalue weighted by molar-refractivity contribution is 9.10. The standard InChI is InChI=1S/C14H17BrFN3O2/c1-9(20)18-12-7-19(8-12)14(21)17-5-4-10-6-11(15)2-3-13(10)16/h2-3,6,12H,4-5,7-8H2,1H3,(H,17,21)(H,18,20). The fourth-order valence-corrected chi connectivity index (χ4v) is 2.58. The molecule has 1 aromatic carbocycles. The van der Waals surface area contributed by atoms with Gasteiger partial charge in [-0.1, -0.05) is 15.9 Å². The van der Waals surface area contributed by atoms with Crippen LogP contribution in [0.25, 0.3) is 0 Å². The van der Waals surface area contributed by atoms with Crippen molar-refractivity contribution in [1.29, 1.82) is 0 Å². The van der Waals surface area contributed by atoms with Crippen molar-refractivity contribution in [3.8, 4) is 0 Å². The van der Waals surface area contributed by atoms with Crippen molar-refractivity contribution in [2.75, 3.05) is 19.6 Å². The average Bonchev–Trinajstić information content (AvgIpc) is 2.37. The van der Waals surface area contributed by atoms with E-state index in [4.69, 9.17) is 0 Å². The smallest absolute Gasteiger partial charge is 0.317 e. The molecule has 0 radical (unpaired) electrons. The fourth-order valence-electron chi connectivity index (χ4n) is 2.17. The van der Waals surface area contributed by atoms with Crippen LogP contribution in [0.5, 0.6) is 0 Å². The first-order valence-electron chi connectivity index (χ1n) is 6.69. The lowest BCUT2D eigenvalue weighted by Crippen LogP contribution is -2.62. The molecule has 2 rings (SSSR count). The zero-order valence-corrected chi connectivity index (χ0v) is 13.2. The summed E-state index contributed by atoms with van der Waals surface area (Å²) in [6, 6.07) is 4.59. The number of likely N-dealkylation sites (tertiary alicyclic amines) is 1. The van der Waals surface area contributed by atoms with Crippen molar-refractivity contribution in [1.82, 2.24) is 15.5 Å². The number of halogens is 2. The molecule has 1 aromatic rings. The van der Waals surface area contributed by atoms with Gasteiger partial charge in [-0.3, -0.25) is 4.79 Å². The third kappa shape index (κ3) is 4.42. The molecule has 114 valence electrons. The van der Waals surface area contributed by atoms with E-state index in [9.17, 15) is 14.0 Å². The van der Waals surface area contributed by atoms with Crippen molar-refractivity contribution in [2.24, 2.45) is 0 Å². The Morgan fingerprint density at radius 3 is 2.81 bits per heavy atom. The zero-order valence-electron chi connectivity index (χ0n) is 11.7. The highest BCUT2D eigenvalue weighted by Crippen LogP contribution is 2.15. The topological polar surface area (TPSA) is 61.4 Å². The van der Waals surface area contributed by atoms with Crippen molar-refractivity contribution in [3.05, 3.63) is 34.1 Å². The van der Waals surface area contributed by atoms with Crippen LogP contribution < -0.4 is 10.6 Å². The lowest BCUT2D eigenvalue weighted by Gasteiger charge is -2.39. The van der Waals surface area contributed by atoms with Crippen LogP contribution in [0.15, 0.2) is 22.7 Å². The van der Waals surface area contributed by atoms with E-state index in [2.05, 4.69) is 26.6 Å². The molecule has 0 saturated carbocycles. The molecule has 21 heavy (non-hydrogen) atoms. The average molecular weight is 358 g/mol. The third-order valence-electron chi connectivity index (χ3n) is 3.25. The van der Waals surface area contributed by atoms with E-state index in [1.54, 1.807) is 17.0 Å². The lowest BCUT2D eigenvalue weighted by atomic mass is 10.1. The summed E-state index contributed by atoms with van der Waals surface area (Å²) in [4.78, 5) is 24.2. The molecule has 5 nitrogen and oxygen atoms in total. The summed E-state index contributed by atoms with van der Waals surface area (Å²) in [5.41, 5.74) is 0.560. The fraction of sp³-hybridized carbons (Fsp3) is 0.429. The number of hydrogen-bond donors (Lipinski definition) is 2. The summed E-state index contributed by atoms with van der Waals surface area (Å²) >= 11 is 3.29. The normalized spacial score (nSPS) is 14.5. The molecular formula is C14H17BrFN3O2. The molecule has 1 heterocycles. The van der Waals surface area contributed by atoms with E-state index in [0.717, 1.165) is 4.47 Å². The molecule has 0 unspecified atom stereocenters. The van der Waals surface area contributed by atoms with E-state index < -0.39 is 0 Å². The van der Waals surface area contributed by atoms with Crippen molar-refractivity contribution in [2.45, 2.75) is 19.4 Å². The molecule has 1 fully saturated rings. The van der Waals surface area contributed by atoms with Gasteiger partial charge in [0.25, 0.3) is 0 Å². The van der Waals surface area contributed by atoms with Crippen LogP contribution >= 0.6 is 15.9 Å². The molecule has 1 saturated heterocycles. The van der Waals surface area contributed by atoms with Crippen LogP contribution in [0.4, 0.5) is 9.18 Å². The van der Waals surface area contributed by atoms with Gasteiger partial charge < -0.3 is 15.5 Å². The largest absolute Gasteiger partial charge is 0.350 e. The Morgan fingerprint density at radius 1 is 1.43 bits per heavy atom. The number of benzene rings is 1. The van der Waals surface area contributed by atoms with Crippen molar-refractivity contribution in [3.63, 3.8) is 0 Å². The van der Waals surface area contributed by atoms with Crippen LogP contribution in [-0.4, -0.2) is 42.5 Å². The zero-order chi connectivity index (χ0) is 15.4. The molecule has 2 N–H and O–H groups in total. The number of hydrogen-bond acceptors (Lipinski definition) is 2. The Morgan fingerprint density at radius 2 is 2.14 bits per heavy atom. The maximum atomic E-state index is 13.5. The molecule has 0 bridgehead atoms. The molecule has 0 spiro atoms. The minimum absolute atomic E-state index is 0.0378. The highest BCUT2D eigenvalue weighted by Gasteiger charge is 2.30. The van der Waals surface area contributed by atoms with Crippen molar-refractivity contribution < 1.29 is 14.0 Å². The Labute approximate surface area is 131 Å². The molecule has 7 heteroatoms. The van der Waals surface area contributed by atoms with Gasteiger partial charge in [-0.2, -0.15) is 0 Å². The minimum Gasteiger partial charge on any atom is -0.350 e. The number of carbonyl (C=O) groups excluding carboxylic acids is 2. The predicted molar refractivity (Wildman–Crippen MR) is 80.4 cm³/mol. The third-order valence-corrected chi connectivity index (χ3v) is 3.75. The first-order valence-corrected chi connectivity index (χ1v) is 7.49. The Kier molecular flexibility index (Phi) is 5.17. The molecular weight excluding hydrogens is 341 g/mol. The van der Waals surface area contributed by atoms with Gasteiger partial charge in [0.2, 0.25) is 5.91 Å². The summed E-state index contributed by atoms with van der Waals surface area (Å²) < 4.78 is 14.3. The SMILES string of the molecule is CC(=O)NC1CN(C(=O)NCCc2cc(Br)ccc2F)C1. The summed E-state index contributed by atoms with van der Waals surface area (Å²) in [5, 5.41) is 5.49. The lowest BCUT2D eigenvalue weighted by molar-refractivity contribution is -0.120. The maximum absolute atomic E-state index is 13.5. The van der Waals surface area contributed by atoms with Gasteiger partial charge in [0, 0.05) is 31.0 Å². The summed E-state index contributed by atoms with van der Waals surface area (Å²) in [6.07, 6.45) is 0.431. The van der Waals surface area contributed by atoms with Gasteiger partial charge >= 0.3 is 6.03 Å². The number of urea groups is 1. The summed E-state index contributed by atoms with van der Waals surface area (Å²) in [5.74, 6) is -0.368. The summed E-state index contributed by atoms with van der Waals surface area (Å²) in [6.45, 7) is 2.84. The van der Waals surface area contributed by atoms with Gasteiger partial charge in [-0.25, -0.2) is 9.18 Å². The van der Waals surface area contributed by atoms with E-state index in [-0.39, 0.29) is 23.8 Å². The van der Waals surface area contributed by atoms with Crippen LogP contribution in [0.3, 0.4) is 0 Å². The Hall–Kier alpha value is -1.63. The van der Waals surface area contributed by atoms with Crippen LogP contribution in [0, 0.1) is 5.82 Å². The first-order chi connectivity index (χ1) is 9.95. The van der Waals surface area contributed by atoms with E-state index in [1.165, 1.54) is 13.0 Å². The first kappa shape index (κ1) is 15.8. The second-order valence-corrected chi connectivity index (χ2v) is 5.94. The van der Waals surface area contributed by atoms with E-state index in [0.29, 0.717) is 31.6 Å². The number of amides is 3. The van der Waals surface area contributed by atoms with Gasteiger partial charge in [0.15, 0.2) is 0 Å². The molecule has 0 aromatic heterocycles. The van der Waals surface area contributed by atoms with Gasteiger partial charge in [0.05, 0.1) is 6.04 Å². The minimum atomic E-state index is -0.276. The van der Waals surface area contributed by atoms with Gasteiger partial charge in [-0.15, -0.1) is 0 Å². The van der Waals surface area contributed by atoms with Gasteiger partial charge in [-0.05, 0) is 30.2 Å². The molecule has 1 aliphatic rings. The number of rotatable bonds is 4. The number of carbonyl (C=O) groups is 2. The van der Waals surface area contributed by atoms with Crippen molar-refractivity contribution >= 4 is 27.9 Å². The second-order valence-electron chi connectivity index (χ2n) is 5.02. The molecule has 3 amide bonds. The second kappa shape index (κ2) is 6.89. The Bertz CT molecular complexity index is 547. The molecule has 1 aliphatic heterocycles. The predicted octanol–water partition coefficient (Wildman–Crippen LogP) is 1.66. The van der Waals surface area contributed by atoms with E-state index >= 15 is 0 Å². The van der Waals surface area contributed by atoms with Crippen LogP contribution in [0.2, 0.25) is 0 Å². The molecule has 0 atom stereocenters. The number of nitrogens with zero attached hydrogens (tertiary/aromatic N) is 1. The van der Waals surface area contributed by atoms with Crippen LogP contribution in [0.1, 0.15) is 12.5 Å². The van der Waals surface area contributed by atoms with Gasteiger partial charge in [0.1, 0.15) is 5.82 Å². The van der Waals surface area contributed by atoms with Crippen LogP contribution in [-0.2, 0) is 11.2 Å². The monoisotopic (exact) mass is 357 g/mol. The number of nitrogens with one attached hydrogen (secondary N) is 2. The maximum Gasteiger partial charge on any atom is 0.317 e. The van der Waals surface area contributed by atoms with E-state index in [1.807, 2.05) is 0 Å². The quantitative estimate of drug-likeness (QED) is 0.860. The molecule has 0 aliphatic carbocycles. The Balaban J connectivity index is 1.71. The highest BCUT2D eigenvalue weighted by atomic mass is 79.9.